The summed E-state index contributed by atoms with van der Waals surface area (Å²) in [4.78, 5) is 29.7. The summed E-state index contributed by atoms with van der Waals surface area (Å²) < 4.78 is 10.7. The minimum atomic E-state index is -0.254. The van der Waals surface area contributed by atoms with Crippen LogP contribution in [0.3, 0.4) is 0 Å². The Bertz CT molecular complexity index is 564. The van der Waals surface area contributed by atoms with Gasteiger partial charge in [0.25, 0.3) is 0 Å². The fourth-order valence-corrected chi connectivity index (χ4v) is 3.85. The lowest BCUT2D eigenvalue weighted by molar-refractivity contribution is -0.141. The number of pyridine rings is 1. The van der Waals surface area contributed by atoms with Gasteiger partial charge >= 0.3 is 5.97 Å². The van der Waals surface area contributed by atoms with Crippen LogP contribution in [-0.4, -0.2) is 47.1 Å². The number of piperidine rings is 1. The molecular weight excluding hydrogens is 308 g/mol. The Morgan fingerprint density at radius 2 is 1.83 bits per heavy atom. The van der Waals surface area contributed by atoms with E-state index in [4.69, 9.17) is 4.74 Å². The highest BCUT2D eigenvalue weighted by atomic mass is 16.5. The first-order chi connectivity index (χ1) is 11.7. The summed E-state index contributed by atoms with van der Waals surface area (Å²) in [6.45, 7) is 0. The van der Waals surface area contributed by atoms with Crippen molar-refractivity contribution in [3.05, 3.63) is 24.5 Å². The monoisotopic (exact) mass is 332 g/mol. The summed E-state index contributed by atoms with van der Waals surface area (Å²) in [7, 11) is 1.37. The molecule has 2 aliphatic rings. The van der Waals surface area contributed by atoms with Gasteiger partial charge in [-0.1, -0.05) is 0 Å². The number of aromatic nitrogens is 1. The number of carbonyl (C=O) groups is 2. The predicted octanol–water partition coefficient (Wildman–Crippen LogP) is 2.33. The normalized spacial score (nSPS) is 25.4. The lowest BCUT2D eigenvalue weighted by Crippen LogP contribution is -2.49. The number of nitrogens with zero attached hydrogens (tertiary/aromatic N) is 2. The van der Waals surface area contributed by atoms with Crippen LogP contribution in [0, 0.1) is 0 Å². The summed E-state index contributed by atoms with van der Waals surface area (Å²) in [5, 5.41) is 0. The zero-order valence-corrected chi connectivity index (χ0v) is 14.0. The van der Waals surface area contributed by atoms with Crippen LogP contribution in [0.5, 0.6) is 5.75 Å². The van der Waals surface area contributed by atoms with Gasteiger partial charge < -0.3 is 14.4 Å². The molecule has 0 radical (unpaired) electrons. The fraction of sp³-hybridized carbons (Fsp3) is 0.611. The predicted molar refractivity (Wildman–Crippen MR) is 87.4 cm³/mol. The van der Waals surface area contributed by atoms with Crippen LogP contribution in [0.25, 0.3) is 0 Å². The number of rotatable bonds is 6. The van der Waals surface area contributed by atoms with E-state index in [1.165, 1.54) is 7.11 Å². The Balaban J connectivity index is 1.52. The number of amides is 1. The van der Waals surface area contributed by atoms with Crippen molar-refractivity contribution in [3.8, 4) is 5.75 Å². The van der Waals surface area contributed by atoms with Crippen molar-refractivity contribution >= 4 is 11.9 Å². The lowest BCUT2D eigenvalue weighted by Gasteiger charge is -2.39. The molecule has 0 N–H and O–H groups in total. The Morgan fingerprint density at radius 3 is 2.46 bits per heavy atom. The first-order valence-electron chi connectivity index (χ1n) is 8.62. The molecule has 1 aromatic heterocycles. The van der Waals surface area contributed by atoms with Gasteiger partial charge in [-0.15, -0.1) is 0 Å². The topological polar surface area (TPSA) is 68.7 Å². The number of methoxy groups -OCH3 is 1. The standard InChI is InChI=1S/C18H24N2O4/c1-23-18(22)4-2-3-17(21)20-13-5-6-14(20)12-16(11-13)24-15-7-9-19-10-8-15/h7-10,13-14,16H,2-6,11-12H2,1H3. The molecule has 0 spiro atoms. The molecule has 24 heavy (non-hydrogen) atoms. The smallest absolute Gasteiger partial charge is 0.305 e. The van der Waals surface area contributed by atoms with Crippen LogP contribution in [0.2, 0.25) is 0 Å². The Morgan fingerprint density at radius 1 is 1.17 bits per heavy atom. The average Bonchev–Trinajstić information content (AvgIpc) is 2.86. The third kappa shape index (κ3) is 3.86. The van der Waals surface area contributed by atoms with Gasteiger partial charge in [0.05, 0.1) is 7.11 Å². The first-order valence-corrected chi connectivity index (χ1v) is 8.62. The molecular formula is C18H24N2O4. The van der Waals surface area contributed by atoms with E-state index in [1.54, 1.807) is 12.4 Å². The fourth-order valence-electron chi connectivity index (χ4n) is 3.85. The molecule has 1 amide bonds. The minimum Gasteiger partial charge on any atom is -0.490 e. The van der Waals surface area contributed by atoms with Crippen LogP contribution >= 0.6 is 0 Å². The van der Waals surface area contributed by atoms with Gasteiger partial charge in [0.2, 0.25) is 5.91 Å². The van der Waals surface area contributed by atoms with Crippen molar-refractivity contribution in [1.82, 2.24) is 9.88 Å². The maximum atomic E-state index is 12.5. The maximum Gasteiger partial charge on any atom is 0.305 e. The van der Waals surface area contributed by atoms with E-state index in [-0.39, 0.29) is 30.1 Å². The molecule has 0 aliphatic carbocycles. The second-order valence-corrected chi connectivity index (χ2v) is 6.51. The molecule has 130 valence electrons. The SMILES string of the molecule is COC(=O)CCCC(=O)N1C2CCC1CC(Oc1ccncc1)C2. The number of ether oxygens (including phenoxy) is 2. The lowest BCUT2D eigenvalue weighted by atomic mass is 9.98. The van der Waals surface area contributed by atoms with Gasteiger partial charge in [0, 0.05) is 50.2 Å². The highest BCUT2D eigenvalue weighted by molar-refractivity contribution is 5.78. The van der Waals surface area contributed by atoms with E-state index in [1.807, 2.05) is 17.0 Å². The molecule has 3 rings (SSSR count). The van der Waals surface area contributed by atoms with Crippen LogP contribution in [0.15, 0.2) is 24.5 Å². The molecule has 2 aliphatic heterocycles. The molecule has 2 fully saturated rings. The largest absolute Gasteiger partial charge is 0.490 e. The van der Waals surface area contributed by atoms with Gasteiger partial charge in [-0.25, -0.2) is 0 Å². The molecule has 6 heteroatoms. The molecule has 2 unspecified atom stereocenters. The van der Waals surface area contributed by atoms with Crippen molar-refractivity contribution in [2.75, 3.05) is 7.11 Å². The van der Waals surface area contributed by atoms with Crippen molar-refractivity contribution in [1.29, 1.82) is 0 Å². The van der Waals surface area contributed by atoms with Gasteiger partial charge in [0.15, 0.2) is 0 Å². The Hall–Kier alpha value is -2.11. The van der Waals surface area contributed by atoms with Gasteiger partial charge in [-0.05, 0) is 31.4 Å². The summed E-state index contributed by atoms with van der Waals surface area (Å²) in [5.41, 5.74) is 0. The van der Waals surface area contributed by atoms with E-state index in [9.17, 15) is 9.59 Å². The highest BCUT2D eigenvalue weighted by Gasteiger charge is 2.43. The highest BCUT2D eigenvalue weighted by Crippen LogP contribution is 2.37. The average molecular weight is 332 g/mol. The third-order valence-electron chi connectivity index (χ3n) is 4.93. The van der Waals surface area contributed by atoms with Crippen molar-refractivity contribution in [3.63, 3.8) is 0 Å². The van der Waals surface area contributed by atoms with Gasteiger partial charge in [-0.3, -0.25) is 14.6 Å². The zero-order valence-electron chi connectivity index (χ0n) is 14.0. The van der Waals surface area contributed by atoms with E-state index in [0.29, 0.717) is 19.3 Å². The summed E-state index contributed by atoms with van der Waals surface area (Å²) >= 11 is 0. The minimum absolute atomic E-state index is 0.156. The zero-order chi connectivity index (χ0) is 16.9. The number of esters is 1. The van der Waals surface area contributed by atoms with Gasteiger partial charge in [0.1, 0.15) is 11.9 Å². The number of hydrogen-bond acceptors (Lipinski definition) is 5. The van der Waals surface area contributed by atoms with E-state index >= 15 is 0 Å². The summed E-state index contributed by atoms with van der Waals surface area (Å²) in [6, 6.07) is 4.26. The van der Waals surface area contributed by atoms with Crippen molar-refractivity contribution in [2.24, 2.45) is 0 Å². The summed E-state index contributed by atoms with van der Waals surface area (Å²) in [5.74, 6) is 0.747. The van der Waals surface area contributed by atoms with E-state index in [0.717, 1.165) is 31.4 Å². The Labute approximate surface area is 142 Å². The molecule has 2 saturated heterocycles. The Kier molecular flexibility index (Phi) is 5.33. The second-order valence-electron chi connectivity index (χ2n) is 6.51. The van der Waals surface area contributed by atoms with Crippen LogP contribution in [0.4, 0.5) is 0 Å². The van der Waals surface area contributed by atoms with Gasteiger partial charge in [-0.2, -0.15) is 0 Å². The molecule has 6 nitrogen and oxygen atoms in total. The van der Waals surface area contributed by atoms with E-state index < -0.39 is 0 Å². The molecule has 2 atom stereocenters. The summed E-state index contributed by atoms with van der Waals surface area (Å²) in [6.07, 6.45) is 8.73. The maximum absolute atomic E-state index is 12.5. The van der Waals surface area contributed by atoms with E-state index in [2.05, 4.69) is 9.72 Å². The van der Waals surface area contributed by atoms with Crippen LogP contribution < -0.4 is 4.74 Å². The molecule has 0 saturated carbocycles. The quantitative estimate of drug-likeness (QED) is 0.748. The van der Waals surface area contributed by atoms with Crippen LogP contribution in [0.1, 0.15) is 44.9 Å². The molecule has 0 aromatic carbocycles. The number of hydrogen-bond donors (Lipinski definition) is 0. The molecule has 2 bridgehead atoms. The van der Waals surface area contributed by atoms with Crippen molar-refractivity contribution in [2.45, 2.75) is 63.1 Å². The molecule has 1 aromatic rings. The third-order valence-corrected chi connectivity index (χ3v) is 4.93. The second kappa shape index (κ2) is 7.64. The number of fused-ring (bicyclic) bond motifs is 2. The molecule has 3 heterocycles. The van der Waals surface area contributed by atoms with Crippen molar-refractivity contribution < 1.29 is 19.1 Å². The number of carbonyl (C=O) groups excluding carboxylic acids is 2. The first kappa shape index (κ1) is 16.7. The van der Waals surface area contributed by atoms with Crippen LogP contribution in [-0.2, 0) is 14.3 Å².